The lowest BCUT2D eigenvalue weighted by molar-refractivity contribution is 0.0182. The minimum absolute atomic E-state index is 0.0443. The second kappa shape index (κ2) is 11.4. The minimum atomic E-state index is -0.568. The van der Waals surface area contributed by atoms with E-state index in [1.165, 1.54) is 0 Å². The van der Waals surface area contributed by atoms with Crippen LogP contribution in [0.2, 0.25) is 0 Å². The van der Waals surface area contributed by atoms with Gasteiger partial charge in [0, 0.05) is 36.2 Å². The third-order valence-electron chi connectivity index (χ3n) is 7.11. The first-order valence-electron chi connectivity index (χ1n) is 13.7. The maximum absolute atomic E-state index is 13.6. The Kier molecular flexibility index (Phi) is 7.74. The van der Waals surface area contributed by atoms with Gasteiger partial charge in [-0.1, -0.05) is 42.5 Å². The summed E-state index contributed by atoms with van der Waals surface area (Å²) in [5.74, 6) is -0.175. The first kappa shape index (κ1) is 27.8. The van der Waals surface area contributed by atoms with Gasteiger partial charge in [-0.15, -0.1) is 0 Å². The van der Waals surface area contributed by atoms with Crippen LogP contribution >= 0.6 is 0 Å². The highest BCUT2D eigenvalue weighted by molar-refractivity contribution is 6.08. The number of ketones is 1. The van der Waals surface area contributed by atoms with Crippen LogP contribution < -0.4 is 5.73 Å². The van der Waals surface area contributed by atoms with E-state index in [-0.39, 0.29) is 23.6 Å². The van der Waals surface area contributed by atoms with Gasteiger partial charge in [0.1, 0.15) is 17.8 Å². The number of benzene rings is 2. The lowest BCUT2D eigenvalue weighted by atomic mass is 9.91. The van der Waals surface area contributed by atoms with Crippen molar-refractivity contribution in [1.82, 2.24) is 19.7 Å². The molecule has 1 saturated heterocycles. The summed E-state index contributed by atoms with van der Waals surface area (Å²) in [6.45, 7) is 7.07. The first-order chi connectivity index (χ1) is 19.6. The molecular weight excluding hydrogens is 518 g/mol. The van der Waals surface area contributed by atoms with E-state index in [9.17, 15) is 9.59 Å². The van der Waals surface area contributed by atoms with Crippen LogP contribution in [0.5, 0.6) is 0 Å². The molecule has 2 aromatic heterocycles. The molecule has 0 aliphatic carbocycles. The molecule has 0 atom stereocenters. The molecule has 5 rings (SSSR count). The monoisotopic (exact) mass is 553 g/mol. The number of amidine groups is 1. The Bertz CT molecular complexity index is 1600. The Hall–Kier alpha value is -4.73. The average molecular weight is 554 g/mol. The van der Waals surface area contributed by atoms with Crippen LogP contribution in [0.1, 0.15) is 55.4 Å². The highest BCUT2D eigenvalue weighted by Crippen LogP contribution is 2.31. The van der Waals surface area contributed by atoms with Gasteiger partial charge in [0.2, 0.25) is 0 Å². The lowest BCUT2D eigenvalue weighted by Crippen LogP contribution is -2.43. The molecule has 0 saturated carbocycles. The van der Waals surface area contributed by atoms with E-state index >= 15 is 0 Å². The largest absolute Gasteiger partial charge is 0.444 e. The smallest absolute Gasteiger partial charge is 0.410 e. The molecule has 10 heteroatoms. The Balaban J connectivity index is 1.38. The van der Waals surface area contributed by atoms with Gasteiger partial charge in [-0.2, -0.15) is 5.10 Å². The zero-order valence-corrected chi connectivity index (χ0v) is 23.6. The normalized spacial score (nSPS) is 14.8. The van der Waals surface area contributed by atoms with Crippen LogP contribution in [0.15, 0.2) is 65.8 Å². The summed E-state index contributed by atoms with van der Waals surface area (Å²) in [7, 11) is 0. The summed E-state index contributed by atoms with van der Waals surface area (Å²) in [6, 6.07) is 17.9. The molecule has 41 heavy (non-hydrogen) atoms. The Morgan fingerprint density at radius 2 is 1.88 bits per heavy atom. The number of nitrogens with one attached hydrogen (secondary N) is 2. The molecule has 1 fully saturated rings. The number of nitrogens with two attached hydrogens (primary N) is 1. The number of carbonyl (C=O) groups excluding carboxylic acids is 2. The van der Waals surface area contributed by atoms with Crippen LogP contribution in [0, 0.1) is 11.3 Å². The van der Waals surface area contributed by atoms with Gasteiger partial charge in [-0.05, 0) is 56.9 Å². The van der Waals surface area contributed by atoms with Gasteiger partial charge < -0.3 is 20.4 Å². The fourth-order valence-electron chi connectivity index (χ4n) is 5.11. The van der Waals surface area contributed by atoms with Crippen molar-refractivity contribution >= 4 is 35.0 Å². The zero-order chi connectivity index (χ0) is 29.1. The molecule has 1 amide bonds. The van der Waals surface area contributed by atoms with Crippen LogP contribution in [0.25, 0.3) is 22.0 Å². The number of Topliss-reactive ketones (excluding diaryl/α,β-unsaturated/α-hetero) is 1. The number of aromatic nitrogens is 3. The number of aliphatic imine (C=N–C) groups is 1. The number of hydrogen-bond acceptors (Lipinski definition) is 5. The number of aromatic amines is 1. The second-order valence-corrected chi connectivity index (χ2v) is 11.3. The van der Waals surface area contributed by atoms with E-state index in [4.69, 9.17) is 21.0 Å². The van der Waals surface area contributed by atoms with Crippen LogP contribution in [0.3, 0.4) is 0 Å². The number of nitrogens with zero attached hydrogens (tertiary/aromatic N) is 4. The topological polar surface area (TPSA) is 142 Å². The van der Waals surface area contributed by atoms with Crippen molar-refractivity contribution in [2.45, 2.75) is 45.8 Å². The Morgan fingerprint density at radius 1 is 1.15 bits per heavy atom. The summed E-state index contributed by atoms with van der Waals surface area (Å²) in [5, 5.41) is 13.2. The van der Waals surface area contributed by atoms with Crippen molar-refractivity contribution in [2.24, 2.45) is 16.6 Å². The van der Waals surface area contributed by atoms with Gasteiger partial charge in [0.25, 0.3) is 0 Å². The van der Waals surface area contributed by atoms with Gasteiger partial charge in [-0.3, -0.25) is 14.9 Å². The predicted molar refractivity (Wildman–Crippen MR) is 159 cm³/mol. The predicted octanol–water partition coefficient (Wildman–Crippen LogP) is 5.22. The summed E-state index contributed by atoms with van der Waals surface area (Å²) < 4.78 is 7.39. The van der Waals surface area contributed by atoms with Crippen molar-refractivity contribution in [2.75, 3.05) is 13.1 Å². The highest BCUT2D eigenvalue weighted by Gasteiger charge is 2.31. The zero-order valence-electron chi connectivity index (χ0n) is 23.6. The summed E-state index contributed by atoms with van der Waals surface area (Å²) >= 11 is 0. The fourth-order valence-corrected chi connectivity index (χ4v) is 5.11. The molecule has 212 valence electrons. The maximum Gasteiger partial charge on any atom is 0.410 e. The number of piperidine rings is 1. The standard InChI is InChI=1S/C31H35N7O3/c1-31(2,3)41-30(40)37-13-11-21(12-14-37)28(39)26-16-24(27(35-26)29(33)34-19-32)22-9-10-23-18-38(36-25(23)15-22)17-20-7-5-4-6-8-20/h4-10,15-16,18-19,21,35H,11-14,17H2,1-3H3,(H3,32,33,34). The molecule has 10 nitrogen and oxygen atoms in total. The van der Waals surface area contributed by atoms with E-state index in [2.05, 4.69) is 22.1 Å². The quantitative estimate of drug-likeness (QED) is 0.163. The number of carbonyl (C=O) groups is 2. The molecule has 1 aliphatic heterocycles. The van der Waals surface area contributed by atoms with Crippen molar-refractivity contribution < 1.29 is 14.3 Å². The minimum Gasteiger partial charge on any atom is -0.444 e. The molecule has 3 heterocycles. The average Bonchev–Trinajstić information content (AvgIpc) is 3.56. The molecule has 1 aliphatic rings. The van der Waals surface area contributed by atoms with E-state index < -0.39 is 5.60 Å². The lowest BCUT2D eigenvalue weighted by Gasteiger charge is -2.32. The van der Waals surface area contributed by atoms with Crippen molar-refractivity contribution in [3.63, 3.8) is 0 Å². The van der Waals surface area contributed by atoms with Crippen molar-refractivity contribution in [1.29, 1.82) is 5.41 Å². The van der Waals surface area contributed by atoms with Crippen LogP contribution in [0.4, 0.5) is 4.79 Å². The summed E-state index contributed by atoms with van der Waals surface area (Å²) in [6.07, 6.45) is 3.61. The van der Waals surface area contributed by atoms with Gasteiger partial charge in [0.05, 0.1) is 23.4 Å². The van der Waals surface area contributed by atoms with Crippen LogP contribution in [-0.2, 0) is 11.3 Å². The van der Waals surface area contributed by atoms with Gasteiger partial charge in [0.15, 0.2) is 5.78 Å². The van der Waals surface area contributed by atoms with Gasteiger partial charge >= 0.3 is 6.09 Å². The summed E-state index contributed by atoms with van der Waals surface area (Å²) in [5.41, 5.74) is 10.1. The molecule has 0 bridgehead atoms. The maximum atomic E-state index is 13.6. The number of hydrogen-bond donors (Lipinski definition) is 3. The van der Waals surface area contributed by atoms with E-state index in [1.54, 1.807) is 11.0 Å². The number of amides is 1. The van der Waals surface area contributed by atoms with E-state index in [0.29, 0.717) is 49.4 Å². The Labute approximate surface area is 238 Å². The van der Waals surface area contributed by atoms with Crippen molar-refractivity contribution in [3.05, 3.63) is 77.7 Å². The van der Waals surface area contributed by atoms with E-state index in [1.807, 2.05) is 68.0 Å². The molecular formula is C31H35N7O3. The highest BCUT2D eigenvalue weighted by atomic mass is 16.6. The number of H-pyrrole nitrogens is 1. The molecule has 4 N–H and O–H groups in total. The molecule has 0 spiro atoms. The SMILES string of the molecule is CC(C)(C)OC(=O)N1CCC(C(=O)c2cc(-c3ccc4cn(Cc5ccccc5)nc4c3)c(C(N)=NC=N)[nH]2)CC1. The number of rotatable bonds is 7. The van der Waals surface area contributed by atoms with Gasteiger partial charge in [-0.25, -0.2) is 9.79 Å². The van der Waals surface area contributed by atoms with Crippen LogP contribution in [-0.4, -0.2) is 62.4 Å². The summed E-state index contributed by atoms with van der Waals surface area (Å²) in [4.78, 5) is 34.8. The fraction of sp³-hybridized carbons (Fsp3) is 0.323. The molecule has 0 unspecified atom stereocenters. The van der Waals surface area contributed by atoms with E-state index in [0.717, 1.165) is 28.4 Å². The number of likely N-dealkylation sites (tertiary alicyclic amines) is 1. The second-order valence-electron chi connectivity index (χ2n) is 11.3. The third-order valence-corrected chi connectivity index (χ3v) is 7.11. The molecule has 0 radical (unpaired) electrons. The number of fused-ring (bicyclic) bond motifs is 1. The Morgan fingerprint density at radius 3 is 2.56 bits per heavy atom. The molecule has 4 aromatic rings. The number of ether oxygens (including phenoxy) is 1. The molecule has 2 aromatic carbocycles. The third kappa shape index (κ3) is 6.37. The van der Waals surface area contributed by atoms with Crippen molar-refractivity contribution in [3.8, 4) is 11.1 Å². The first-order valence-corrected chi connectivity index (χ1v) is 13.7.